The first kappa shape index (κ1) is 24.6. The van der Waals surface area contributed by atoms with Gasteiger partial charge in [-0.05, 0) is 42.5 Å². The fourth-order valence-electron chi connectivity index (χ4n) is 3.89. The van der Waals surface area contributed by atoms with Crippen molar-refractivity contribution in [3.8, 4) is 5.75 Å². The number of hydrogen-bond donors (Lipinski definition) is 4. The van der Waals surface area contributed by atoms with Crippen LogP contribution in [-0.2, 0) is 27.2 Å². The van der Waals surface area contributed by atoms with Gasteiger partial charge in [0.25, 0.3) is 0 Å². The van der Waals surface area contributed by atoms with Gasteiger partial charge < -0.3 is 20.2 Å². The molecule has 0 saturated carbocycles. The lowest BCUT2D eigenvalue weighted by Gasteiger charge is -2.31. The average Bonchev–Trinajstić information content (AvgIpc) is 2.92. The smallest absolute Gasteiger partial charge is 0.323 e. The number of phenols is 1. The van der Waals surface area contributed by atoms with E-state index in [1.807, 2.05) is 30.3 Å². The highest BCUT2D eigenvalue weighted by Crippen LogP contribution is 2.22. The molecular formula is C24H28N2O6S. The lowest BCUT2D eigenvalue weighted by atomic mass is 10.0. The number of carbonyl (C=O) groups is 3. The van der Waals surface area contributed by atoms with E-state index in [2.05, 4.69) is 5.32 Å². The summed E-state index contributed by atoms with van der Waals surface area (Å²) in [6, 6.07) is 14.0. The number of nitrogens with zero attached hydrogens (tertiary/aromatic N) is 1. The third-order valence-corrected chi connectivity index (χ3v) is 6.78. The van der Waals surface area contributed by atoms with Gasteiger partial charge in [-0.3, -0.25) is 19.7 Å². The van der Waals surface area contributed by atoms with Gasteiger partial charge >= 0.3 is 11.9 Å². The van der Waals surface area contributed by atoms with Gasteiger partial charge in [0.05, 0.1) is 6.04 Å². The Morgan fingerprint density at radius 3 is 2.36 bits per heavy atom. The van der Waals surface area contributed by atoms with E-state index in [4.69, 9.17) is 0 Å². The largest absolute Gasteiger partial charge is 0.508 e. The summed E-state index contributed by atoms with van der Waals surface area (Å²) in [5.74, 6) is -1.55. The Bertz CT molecular complexity index is 953. The first-order chi connectivity index (χ1) is 15.8. The Balaban J connectivity index is 1.72. The number of rotatable bonds is 10. The van der Waals surface area contributed by atoms with Crippen LogP contribution in [0.4, 0.5) is 0 Å². The van der Waals surface area contributed by atoms with Crippen LogP contribution in [0.3, 0.4) is 0 Å². The van der Waals surface area contributed by atoms with Gasteiger partial charge in [0, 0.05) is 17.5 Å². The number of aliphatic carboxylic acids is 2. The van der Waals surface area contributed by atoms with Crippen molar-refractivity contribution in [2.45, 2.75) is 37.4 Å². The average molecular weight is 473 g/mol. The van der Waals surface area contributed by atoms with Gasteiger partial charge in [-0.2, -0.15) is 11.8 Å². The molecule has 2 aromatic rings. The molecule has 1 heterocycles. The van der Waals surface area contributed by atoms with Crippen LogP contribution in [-0.4, -0.2) is 74.2 Å². The van der Waals surface area contributed by atoms with Crippen LogP contribution in [0.2, 0.25) is 0 Å². The molecule has 1 amide bonds. The third-order valence-electron chi connectivity index (χ3n) is 5.59. The summed E-state index contributed by atoms with van der Waals surface area (Å²) in [5.41, 5.74) is 1.88. The summed E-state index contributed by atoms with van der Waals surface area (Å²) >= 11 is 1.50. The molecule has 8 nitrogen and oxygen atoms in total. The van der Waals surface area contributed by atoms with E-state index in [0.717, 1.165) is 11.1 Å². The van der Waals surface area contributed by atoms with Gasteiger partial charge in [0.1, 0.15) is 18.3 Å². The van der Waals surface area contributed by atoms with Gasteiger partial charge in [0.15, 0.2) is 0 Å². The van der Waals surface area contributed by atoms with Crippen LogP contribution in [0.25, 0.3) is 0 Å². The monoisotopic (exact) mass is 472 g/mol. The zero-order chi connectivity index (χ0) is 23.8. The molecule has 0 aliphatic carbocycles. The molecule has 3 unspecified atom stereocenters. The number of carboxylic acid groups (broad SMARTS) is 2. The number of amides is 1. The van der Waals surface area contributed by atoms with Crippen molar-refractivity contribution in [3.05, 3.63) is 65.7 Å². The molecule has 1 saturated heterocycles. The van der Waals surface area contributed by atoms with Crippen LogP contribution in [0.1, 0.15) is 17.5 Å². The summed E-state index contributed by atoms with van der Waals surface area (Å²) in [7, 11) is 0. The highest BCUT2D eigenvalue weighted by atomic mass is 32.2. The number of thioether (sulfide) groups is 1. The predicted octanol–water partition coefficient (Wildman–Crippen LogP) is 2.01. The summed E-state index contributed by atoms with van der Waals surface area (Å²) in [5, 5.41) is 31.6. The topological polar surface area (TPSA) is 127 Å². The van der Waals surface area contributed by atoms with Crippen LogP contribution >= 0.6 is 11.8 Å². The quantitative estimate of drug-likeness (QED) is 0.414. The van der Waals surface area contributed by atoms with Gasteiger partial charge in [-0.15, -0.1) is 0 Å². The molecule has 4 N–H and O–H groups in total. The molecule has 0 radical (unpaired) electrons. The Morgan fingerprint density at radius 1 is 1.03 bits per heavy atom. The Kier molecular flexibility index (Phi) is 8.73. The Labute approximate surface area is 196 Å². The molecule has 1 aliphatic heterocycles. The number of carbonyl (C=O) groups excluding carboxylic acids is 1. The third kappa shape index (κ3) is 7.23. The summed E-state index contributed by atoms with van der Waals surface area (Å²) in [4.78, 5) is 38.0. The number of phenolic OH excluding ortho intramolecular Hbond substituents is 1. The second-order valence-electron chi connectivity index (χ2n) is 8.06. The van der Waals surface area contributed by atoms with Crippen LogP contribution < -0.4 is 5.32 Å². The molecule has 9 heteroatoms. The number of nitrogens with one attached hydrogen (secondary N) is 1. The number of hydrogen-bond acceptors (Lipinski definition) is 6. The summed E-state index contributed by atoms with van der Waals surface area (Å²) in [6.07, 6.45) is 1.29. The summed E-state index contributed by atoms with van der Waals surface area (Å²) < 4.78 is 0. The van der Waals surface area contributed by atoms with E-state index in [9.17, 15) is 29.7 Å². The molecule has 3 atom stereocenters. The minimum atomic E-state index is -1.12. The molecule has 2 aromatic carbocycles. The Hall–Kier alpha value is -3.04. The van der Waals surface area contributed by atoms with Crippen LogP contribution in [0, 0.1) is 0 Å². The minimum Gasteiger partial charge on any atom is -0.508 e. The first-order valence-corrected chi connectivity index (χ1v) is 11.9. The normalized spacial score (nSPS) is 19.6. The molecule has 1 aliphatic rings. The molecule has 0 aromatic heterocycles. The van der Waals surface area contributed by atoms with Crippen molar-refractivity contribution in [2.75, 3.05) is 18.1 Å². The van der Waals surface area contributed by atoms with E-state index in [1.165, 1.54) is 16.7 Å². The molecule has 0 spiro atoms. The van der Waals surface area contributed by atoms with Gasteiger partial charge in [-0.1, -0.05) is 42.5 Å². The fraction of sp³-hybridized carbons (Fsp3) is 0.375. The van der Waals surface area contributed by atoms with Crippen molar-refractivity contribution >= 4 is 29.6 Å². The fourth-order valence-corrected chi connectivity index (χ4v) is 5.07. The standard InChI is InChI=1S/C24H28N2O6S/c27-19-9-6-17(7-10-19)12-18-14-33-15-21(23(30)26(18)13-22(28)29)25-20(24(31)32)11-8-16-4-2-1-3-5-16/h1-7,9-10,18,20-21,25,27H,8,11-15H2,(H,28,29)(H,31,32). The van der Waals surface area contributed by atoms with E-state index >= 15 is 0 Å². The van der Waals surface area contributed by atoms with Gasteiger partial charge in [0.2, 0.25) is 5.91 Å². The van der Waals surface area contributed by atoms with Crippen molar-refractivity contribution in [1.29, 1.82) is 0 Å². The van der Waals surface area contributed by atoms with Crippen molar-refractivity contribution in [3.63, 3.8) is 0 Å². The predicted molar refractivity (Wildman–Crippen MR) is 125 cm³/mol. The van der Waals surface area contributed by atoms with Crippen molar-refractivity contribution in [2.24, 2.45) is 0 Å². The lowest BCUT2D eigenvalue weighted by Crippen LogP contribution is -2.55. The van der Waals surface area contributed by atoms with Crippen molar-refractivity contribution < 1.29 is 29.7 Å². The molecular weight excluding hydrogens is 444 g/mol. The van der Waals surface area contributed by atoms with E-state index in [0.29, 0.717) is 30.8 Å². The number of carboxylic acids is 2. The van der Waals surface area contributed by atoms with Crippen molar-refractivity contribution in [1.82, 2.24) is 10.2 Å². The van der Waals surface area contributed by atoms with Crippen LogP contribution in [0.15, 0.2) is 54.6 Å². The zero-order valence-electron chi connectivity index (χ0n) is 18.1. The van der Waals surface area contributed by atoms with Crippen LogP contribution in [0.5, 0.6) is 5.75 Å². The van der Waals surface area contributed by atoms with E-state index in [1.54, 1.807) is 24.3 Å². The highest BCUT2D eigenvalue weighted by molar-refractivity contribution is 7.99. The lowest BCUT2D eigenvalue weighted by molar-refractivity contribution is -0.147. The second kappa shape index (κ2) is 11.7. The van der Waals surface area contributed by atoms with E-state index in [-0.39, 0.29) is 11.8 Å². The van der Waals surface area contributed by atoms with Gasteiger partial charge in [-0.25, -0.2) is 0 Å². The summed E-state index contributed by atoms with van der Waals surface area (Å²) in [6.45, 7) is -0.456. The molecule has 1 fully saturated rings. The first-order valence-electron chi connectivity index (χ1n) is 10.7. The maximum Gasteiger partial charge on any atom is 0.323 e. The molecule has 3 rings (SSSR count). The molecule has 33 heavy (non-hydrogen) atoms. The zero-order valence-corrected chi connectivity index (χ0v) is 18.9. The number of benzene rings is 2. The van der Waals surface area contributed by atoms with E-state index < -0.39 is 36.5 Å². The number of aromatic hydroxyl groups is 1. The maximum atomic E-state index is 13.3. The second-order valence-corrected chi connectivity index (χ2v) is 9.13. The Morgan fingerprint density at radius 2 is 1.73 bits per heavy atom. The highest BCUT2D eigenvalue weighted by Gasteiger charge is 2.36. The number of aryl methyl sites for hydroxylation is 1. The SMILES string of the molecule is O=C(O)CN1C(=O)C(NC(CCc2ccccc2)C(=O)O)CSCC1Cc1ccc(O)cc1. The minimum absolute atomic E-state index is 0.131. The maximum absolute atomic E-state index is 13.3. The molecule has 0 bridgehead atoms. The molecule has 176 valence electrons.